The molecule has 3 nitrogen and oxygen atoms in total. The van der Waals surface area contributed by atoms with Gasteiger partial charge in [0, 0.05) is 11.8 Å². The molecule has 0 fully saturated rings. The summed E-state index contributed by atoms with van der Waals surface area (Å²) in [6.07, 6.45) is 2.60. The number of halogens is 1. The Kier molecular flexibility index (Phi) is 2.63. The second-order valence-corrected chi connectivity index (χ2v) is 4.40. The zero-order chi connectivity index (χ0) is 13.4. The quantitative estimate of drug-likeness (QED) is 0.658. The lowest BCUT2D eigenvalue weighted by molar-refractivity contribution is 0.112. The summed E-state index contributed by atoms with van der Waals surface area (Å²) in [5.41, 5.74) is 2.98. The van der Waals surface area contributed by atoms with Crippen LogP contribution in [0.25, 0.3) is 16.9 Å². The molecular formula is C15H11FN2O. The van der Waals surface area contributed by atoms with E-state index in [1.165, 1.54) is 12.1 Å². The molecule has 0 atom stereocenters. The first kappa shape index (κ1) is 11.6. The Morgan fingerprint density at radius 2 is 1.95 bits per heavy atom. The Balaban J connectivity index is 2.29. The number of rotatable bonds is 2. The number of pyridine rings is 1. The molecule has 4 heteroatoms. The maximum Gasteiger partial charge on any atom is 0.170 e. The van der Waals surface area contributed by atoms with Crippen LogP contribution in [-0.2, 0) is 0 Å². The molecule has 0 saturated heterocycles. The third-order valence-corrected chi connectivity index (χ3v) is 3.04. The molecule has 3 rings (SSSR count). The van der Waals surface area contributed by atoms with Gasteiger partial charge in [-0.2, -0.15) is 0 Å². The minimum absolute atomic E-state index is 0.295. The van der Waals surface area contributed by atoms with Crippen molar-refractivity contribution in [1.82, 2.24) is 9.38 Å². The van der Waals surface area contributed by atoms with Gasteiger partial charge in [0.05, 0.1) is 5.52 Å². The normalized spacial score (nSPS) is 10.8. The van der Waals surface area contributed by atoms with Crippen molar-refractivity contribution in [3.8, 4) is 11.4 Å². The van der Waals surface area contributed by atoms with Gasteiger partial charge in [-0.3, -0.25) is 9.20 Å². The van der Waals surface area contributed by atoms with Crippen LogP contribution in [0.5, 0.6) is 0 Å². The summed E-state index contributed by atoms with van der Waals surface area (Å²) in [7, 11) is 0. The number of aromatic nitrogens is 2. The molecule has 0 aliphatic carbocycles. The number of aldehydes is 1. The molecule has 0 unspecified atom stereocenters. The first-order valence-electron chi connectivity index (χ1n) is 5.89. The second-order valence-electron chi connectivity index (χ2n) is 4.40. The average molecular weight is 254 g/mol. The van der Waals surface area contributed by atoms with Crippen molar-refractivity contribution in [1.29, 1.82) is 0 Å². The van der Waals surface area contributed by atoms with Crippen LogP contribution in [-0.4, -0.2) is 15.7 Å². The summed E-state index contributed by atoms with van der Waals surface area (Å²) in [5.74, 6) is 0.341. The van der Waals surface area contributed by atoms with Crippen molar-refractivity contribution in [3.63, 3.8) is 0 Å². The van der Waals surface area contributed by atoms with Crippen LogP contribution in [0.1, 0.15) is 16.1 Å². The maximum absolute atomic E-state index is 13.0. The van der Waals surface area contributed by atoms with E-state index in [0.717, 1.165) is 22.9 Å². The molecule has 0 spiro atoms. The van der Waals surface area contributed by atoms with Crippen molar-refractivity contribution in [2.45, 2.75) is 6.92 Å². The van der Waals surface area contributed by atoms with Gasteiger partial charge in [-0.05, 0) is 48.9 Å². The van der Waals surface area contributed by atoms with E-state index in [1.807, 2.05) is 29.7 Å². The van der Waals surface area contributed by atoms with Crippen LogP contribution in [0.15, 0.2) is 42.6 Å². The number of hydrogen-bond acceptors (Lipinski definition) is 2. The van der Waals surface area contributed by atoms with Crippen LogP contribution < -0.4 is 0 Å². The Bertz CT molecular complexity index is 760. The summed E-state index contributed by atoms with van der Waals surface area (Å²) >= 11 is 0. The largest absolute Gasteiger partial charge is 0.299 e. The van der Waals surface area contributed by atoms with Gasteiger partial charge < -0.3 is 0 Å². The molecule has 19 heavy (non-hydrogen) atoms. The Morgan fingerprint density at radius 3 is 2.63 bits per heavy atom. The molecule has 0 radical (unpaired) electrons. The fourth-order valence-electron chi connectivity index (χ4n) is 2.10. The summed E-state index contributed by atoms with van der Waals surface area (Å²) in [4.78, 5) is 15.4. The fraction of sp³-hybridized carbons (Fsp3) is 0.0667. The van der Waals surface area contributed by atoms with Gasteiger partial charge in [0.25, 0.3) is 0 Å². The lowest BCUT2D eigenvalue weighted by atomic mass is 10.2. The maximum atomic E-state index is 13.0. The topological polar surface area (TPSA) is 34.4 Å². The first-order valence-corrected chi connectivity index (χ1v) is 5.89. The minimum atomic E-state index is -0.295. The molecule has 0 amide bonds. The fourth-order valence-corrected chi connectivity index (χ4v) is 2.10. The van der Waals surface area contributed by atoms with Gasteiger partial charge in [-0.15, -0.1) is 0 Å². The van der Waals surface area contributed by atoms with Crippen molar-refractivity contribution in [2.24, 2.45) is 0 Å². The van der Waals surface area contributed by atoms with Crippen LogP contribution in [0, 0.1) is 12.7 Å². The van der Waals surface area contributed by atoms with E-state index in [0.29, 0.717) is 11.5 Å². The van der Waals surface area contributed by atoms with Crippen LogP contribution in [0.4, 0.5) is 4.39 Å². The van der Waals surface area contributed by atoms with Gasteiger partial charge in [-0.25, -0.2) is 9.37 Å². The molecular weight excluding hydrogens is 243 g/mol. The van der Waals surface area contributed by atoms with E-state index in [-0.39, 0.29) is 5.82 Å². The Morgan fingerprint density at radius 1 is 1.21 bits per heavy atom. The average Bonchev–Trinajstić information content (AvgIpc) is 2.77. The highest BCUT2D eigenvalue weighted by molar-refractivity contribution is 5.86. The number of carbonyl (C=O) groups is 1. The molecule has 2 aromatic heterocycles. The Labute approximate surface area is 109 Å². The van der Waals surface area contributed by atoms with Crippen molar-refractivity contribution >= 4 is 11.8 Å². The Hall–Kier alpha value is -2.49. The zero-order valence-corrected chi connectivity index (χ0v) is 10.3. The van der Waals surface area contributed by atoms with Gasteiger partial charge in [0.1, 0.15) is 17.3 Å². The summed E-state index contributed by atoms with van der Waals surface area (Å²) in [6.45, 7) is 1.96. The highest BCUT2D eigenvalue weighted by Crippen LogP contribution is 2.23. The number of carbonyl (C=O) groups excluding carboxylic acids is 1. The third-order valence-electron chi connectivity index (χ3n) is 3.04. The number of imidazole rings is 1. The number of nitrogens with zero attached hydrogens (tertiary/aromatic N) is 2. The molecule has 0 aliphatic heterocycles. The highest BCUT2D eigenvalue weighted by atomic mass is 19.1. The van der Waals surface area contributed by atoms with E-state index >= 15 is 0 Å². The van der Waals surface area contributed by atoms with Gasteiger partial charge >= 0.3 is 0 Å². The van der Waals surface area contributed by atoms with Crippen LogP contribution in [0.3, 0.4) is 0 Å². The number of benzene rings is 1. The van der Waals surface area contributed by atoms with Crippen LogP contribution >= 0.6 is 0 Å². The van der Waals surface area contributed by atoms with Gasteiger partial charge in [0.2, 0.25) is 0 Å². The SMILES string of the molecule is Cc1ccn2c(-c3ccc(F)cc3)nc(C=O)c2c1. The van der Waals surface area contributed by atoms with E-state index in [2.05, 4.69) is 4.98 Å². The van der Waals surface area contributed by atoms with Crippen molar-refractivity contribution in [3.05, 3.63) is 59.7 Å². The van der Waals surface area contributed by atoms with E-state index in [4.69, 9.17) is 0 Å². The molecule has 0 N–H and O–H groups in total. The number of hydrogen-bond donors (Lipinski definition) is 0. The molecule has 0 saturated carbocycles. The molecule has 94 valence electrons. The lowest BCUT2D eigenvalue weighted by Gasteiger charge is -2.02. The smallest absolute Gasteiger partial charge is 0.170 e. The second kappa shape index (κ2) is 4.31. The number of aryl methyl sites for hydroxylation is 1. The predicted octanol–water partition coefficient (Wildman–Crippen LogP) is 3.26. The van der Waals surface area contributed by atoms with Gasteiger partial charge in [-0.1, -0.05) is 0 Å². The van der Waals surface area contributed by atoms with Crippen LogP contribution in [0.2, 0.25) is 0 Å². The monoisotopic (exact) mass is 254 g/mol. The minimum Gasteiger partial charge on any atom is -0.299 e. The van der Waals surface area contributed by atoms with E-state index in [9.17, 15) is 9.18 Å². The molecule has 3 aromatic rings. The van der Waals surface area contributed by atoms with Crippen molar-refractivity contribution in [2.75, 3.05) is 0 Å². The molecule has 0 bridgehead atoms. The lowest BCUT2D eigenvalue weighted by Crippen LogP contribution is -1.89. The summed E-state index contributed by atoms with van der Waals surface area (Å²) in [5, 5.41) is 0. The number of fused-ring (bicyclic) bond motifs is 1. The standard InChI is InChI=1S/C15H11FN2O/c1-10-6-7-18-14(8-10)13(9-19)17-15(18)11-2-4-12(16)5-3-11/h2-9H,1H3. The zero-order valence-electron chi connectivity index (χ0n) is 10.3. The third kappa shape index (κ3) is 1.91. The van der Waals surface area contributed by atoms with Gasteiger partial charge in [0.15, 0.2) is 6.29 Å². The summed E-state index contributed by atoms with van der Waals surface area (Å²) in [6, 6.07) is 9.91. The van der Waals surface area contributed by atoms with E-state index in [1.54, 1.807) is 12.1 Å². The molecule has 1 aromatic carbocycles. The molecule has 0 aliphatic rings. The van der Waals surface area contributed by atoms with E-state index < -0.39 is 0 Å². The predicted molar refractivity (Wildman–Crippen MR) is 70.7 cm³/mol. The highest BCUT2D eigenvalue weighted by Gasteiger charge is 2.12. The molecule has 2 heterocycles. The summed E-state index contributed by atoms with van der Waals surface area (Å²) < 4.78 is 14.8. The van der Waals surface area contributed by atoms with Crippen molar-refractivity contribution < 1.29 is 9.18 Å². The first-order chi connectivity index (χ1) is 9.19.